The van der Waals surface area contributed by atoms with Gasteiger partial charge in [-0.15, -0.1) is 0 Å². The van der Waals surface area contributed by atoms with E-state index in [9.17, 15) is 0 Å². The van der Waals surface area contributed by atoms with E-state index in [-0.39, 0.29) is 0 Å². The second kappa shape index (κ2) is 2.81. The monoisotopic (exact) mass is 150 g/mol. The van der Waals surface area contributed by atoms with Gasteiger partial charge in [0.2, 0.25) is 12.6 Å². The number of aliphatic hydroxyl groups excluding tert-OH is 3. The van der Waals surface area contributed by atoms with Crippen molar-refractivity contribution < 1.29 is 24.8 Å². The second-order valence-electron chi connectivity index (χ2n) is 2.15. The van der Waals surface area contributed by atoms with Crippen molar-refractivity contribution in [2.75, 3.05) is 0 Å². The molecule has 0 aromatic heterocycles. The van der Waals surface area contributed by atoms with Gasteiger partial charge in [0.05, 0.1) is 0 Å². The molecule has 1 aliphatic rings. The van der Waals surface area contributed by atoms with Gasteiger partial charge in [0.25, 0.3) is 0 Å². The van der Waals surface area contributed by atoms with E-state index < -0.39 is 25.0 Å². The summed E-state index contributed by atoms with van der Waals surface area (Å²) in [7, 11) is 0. The third-order valence-corrected chi connectivity index (χ3v) is 1.28. The van der Waals surface area contributed by atoms with Gasteiger partial charge in [-0.05, 0) is 6.92 Å². The van der Waals surface area contributed by atoms with E-state index in [4.69, 9.17) is 15.3 Å². The number of rotatable bonds is 0. The smallest absolute Gasteiger partial charge is 0.209 e. The summed E-state index contributed by atoms with van der Waals surface area (Å²) in [6.07, 6.45) is -4.60. The normalized spacial score (nSPS) is 49.2. The molecule has 0 spiro atoms. The van der Waals surface area contributed by atoms with Crippen LogP contribution in [0.4, 0.5) is 0 Å². The Balaban J connectivity index is 2.46. The maximum atomic E-state index is 8.85. The molecule has 1 saturated heterocycles. The number of aliphatic hydroxyl groups is 3. The van der Waals surface area contributed by atoms with Crippen LogP contribution >= 0.6 is 0 Å². The standard InChI is InChI=1S/C5H10O5/c1-2-3(6)10-5(8)4(7)9-2/h2-8H,1H3. The fourth-order valence-electron chi connectivity index (χ4n) is 0.675. The zero-order valence-electron chi connectivity index (χ0n) is 5.47. The Morgan fingerprint density at radius 3 is 1.90 bits per heavy atom. The van der Waals surface area contributed by atoms with Crippen molar-refractivity contribution in [2.24, 2.45) is 0 Å². The van der Waals surface area contributed by atoms with Crippen LogP contribution in [0.15, 0.2) is 0 Å². The van der Waals surface area contributed by atoms with Gasteiger partial charge in [-0.1, -0.05) is 0 Å². The van der Waals surface area contributed by atoms with E-state index in [0.717, 1.165) is 0 Å². The van der Waals surface area contributed by atoms with Crippen molar-refractivity contribution in [3.63, 3.8) is 0 Å². The Morgan fingerprint density at radius 2 is 1.40 bits per heavy atom. The number of hydrogen-bond donors (Lipinski definition) is 3. The summed E-state index contributed by atoms with van der Waals surface area (Å²) in [5, 5.41) is 26.3. The maximum absolute atomic E-state index is 8.85. The number of hydrogen-bond acceptors (Lipinski definition) is 5. The van der Waals surface area contributed by atoms with Crippen LogP contribution in [-0.2, 0) is 9.47 Å². The molecule has 0 aromatic carbocycles. The first-order chi connectivity index (χ1) is 4.61. The molecule has 1 fully saturated rings. The molecule has 60 valence electrons. The quantitative estimate of drug-likeness (QED) is 0.386. The highest BCUT2D eigenvalue weighted by Crippen LogP contribution is 2.14. The zero-order valence-corrected chi connectivity index (χ0v) is 5.47. The third kappa shape index (κ3) is 1.44. The molecule has 1 aliphatic heterocycles. The van der Waals surface area contributed by atoms with Crippen molar-refractivity contribution in [2.45, 2.75) is 31.9 Å². The Bertz CT molecular complexity index is 90.6. The van der Waals surface area contributed by atoms with Gasteiger partial charge in [-0.25, -0.2) is 0 Å². The first-order valence-corrected chi connectivity index (χ1v) is 2.96. The van der Waals surface area contributed by atoms with Crippen molar-refractivity contribution >= 4 is 0 Å². The summed E-state index contributed by atoms with van der Waals surface area (Å²) < 4.78 is 9.09. The van der Waals surface area contributed by atoms with E-state index in [1.165, 1.54) is 6.92 Å². The van der Waals surface area contributed by atoms with Crippen molar-refractivity contribution in [1.82, 2.24) is 0 Å². The van der Waals surface area contributed by atoms with Crippen molar-refractivity contribution in [1.29, 1.82) is 0 Å². The van der Waals surface area contributed by atoms with Crippen molar-refractivity contribution in [3.05, 3.63) is 0 Å². The first-order valence-electron chi connectivity index (χ1n) is 2.96. The highest BCUT2D eigenvalue weighted by atomic mass is 16.8. The zero-order chi connectivity index (χ0) is 7.72. The lowest BCUT2D eigenvalue weighted by Gasteiger charge is -2.32. The molecule has 1 heterocycles. The van der Waals surface area contributed by atoms with E-state index in [1.807, 2.05) is 0 Å². The lowest BCUT2D eigenvalue weighted by atomic mass is 10.3. The Hall–Kier alpha value is -0.200. The van der Waals surface area contributed by atoms with E-state index >= 15 is 0 Å². The predicted octanol–water partition coefficient (Wildman–Crippen LogP) is -1.62. The summed E-state index contributed by atoms with van der Waals surface area (Å²) in [4.78, 5) is 0. The van der Waals surface area contributed by atoms with Crippen LogP contribution in [0.25, 0.3) is 0 Å². The molecule has 0 bridgehead atoms. The van der Waals surface area contributed by atoms with Gasteiger partial charge in [0.15, 0.2) is 6.29 Å². The fraction of sp³-hybridized carbons (Fsp3) is 1.00. The SMILES string of the molecule is CC1OC(O)C(O)OC1O. The molecule has 1 rings (SSSR count). The van der Waals surface area contributed by atoms with Gasteiger partial charge in [-0.3, -0.25) is 0 Å². The van der Waals surface area contributed by atoms with Crippen LogP contribution < -0.4 is 0 Å². The molecular weight excluding hydrogens is 140 g/mol. The highest BCUT2D eigenvalue weighted by molar-refractivity contribution is 4.62. The van der Waals surface area contributed by atoms with Crippen LogP contribution in [0.2, 0.25) is 0 Å². The lowest BCUT2D eigenvalue weighted by molar-refractivity contribution is -0.372. The van der Waals surface area contributed by atoms with Gasteiger partial charge >= 0.3 is 0 Å². The minimum Gasteiger partial charge on any atom is -0.366 e. The fourth-order valence-corrected chi connectivity index (χ4v) is 0.675. The molecule has 3 N–H and O–H groups in total. The van der Waals surface area contributed by atoms with Gasteiger partial charge in [0, 0.05) is 0 Å². The van der Waals surface area contributed by atoms with E-state index in [1.54, 1.807) is 0 Å². The molecular formula is C5H10O5. The molecule has 0 radical (unpaired) electrons. The van der Waals surface area contributed by atoms with Gasteiger partial charge < -0.3 is 24.8 Å². The Morgan fingerprint density at radius 1 is 0.900 bits per heavy atom. The maximum Gasteiger partial charge on any atom is 0.209 e. The van der Waals surface area contributed by atoms with Crippen LogP contribution in [0.3, 0.4) is 0 Å². The number of ether oxygens (including phenoxy) is 2. The molecule has 4 atom stereocenters. The molecule has 5 heteroatoms. The van der Waals surface area contributed by atoms with Crippen molar-refractivity contribution in [3.8, 4) is 0 Å². The third-order valence-electron chi connectivity index (χ3n) is 1.28. The van der Waals surface area contributed by atoms with Crippen LogP contribution in [-0.4, -0.2) is 40.3 Å². The Labute approximate surface area is 57.8 Å². The molecule has 0 saturated carbocycles. The lowest BCUT2D eigenvalue weighted by Crippen LogP contribution is -2.47. The molecule has 4 unspecified atom stereocenters. The van der Waals surface area contributed by atoms with E-state index in [0.29, 0.717) is 0 Å². The predicted molar refractivity (Wildman–Crippen MR) is 29.7 cm³/mol. The summed E-state index contributed by atoms with van der Waals surface area (Å²) in [5.74, 6) is 0. The summed E-state index contributed by atoms with van der Waals surface area (Å²) in [5.41, 5.74) is 0. The van der Waals surface area contributed by atoms with Crippen LogP contribution in [0, 0.1) is 0 Å². The molecule has 0 aliphatic carbocycles. The van der Waals surface area contributed by atoms with Crippen LogP contribution in [0.5, 0.6) is 0 Å². The topological polar surface area (TPSA) is 79.2 Å². The largest absolute Gasteiger partial charge is 0.366 e. The molecule has 10 heavy (non-hydrogen) atoms. The molecule has 0 amide bonds. The average Bonchev–Trinajstić information content (AvgIpc) is 1.84. The summed E-state index contributed by atoms with van der Waals surface area (Å²) in [6, 6.07) is 0. The Kier molecular flexibility index (Phi) is 2.22. The highest BCUT2D eigenvalue weighted by Gasteiger charge is 2.32. The van der Waals surface area contributed by atoms with Crippen LogP contribution in [0.1, 0.15) is 6.92 Å². The summed E-state index contributed by atoms with van der Waals surface area (Å²) >= 11 is 0. The second-order valence-corrected chi connectivity index (χ2v) is 2.15. The molecule has 0 aromatic rings. The van der Waals surface area contributed by atoms with E-state index in [2.05, 4.69) is 9.47 Å². The first kappa shape index (κ1) is 7.90. The minimum atomic E-state index is -1.45. The average molecular weight is 150 g/mol. The van der Waals surface area contributed by atoms with Gasteiger partial charge in [0.1, 0.15) is 6.10 Å². The molecule has 5 nitrogen and oxygen atoms in total. The minimum absolute atomic E-state index is 0.613. The summed E-state index contributed by atoms with van der Waals surface area (Å²) in [6.45, 7) is 1.53. The van der Waals surface area contributed by atoms with Gasteiger partial charge in [-0.2, -0.15) is 0 Å².